The first-order valence-electron chi connectivity index (χ1n) is 5.14. The van der Waals surface area contributed by atoms with E-state index >= 15 is 0 Å². The largest absolute Gasteiger partial charge is 0.317 e. The summed E-state index contributed by atoms with van der Waals surface area (Å²) in [7, 11) is 0. The van der Waals surface area contributed by atoms with Crippen LogP contribution in [0.25, 0.3) is 0 Å². The number of hydrogen-bond donors (Lipinski definition) is 1. The summed E-state index contributed by atoms with van der Waals surface area (Å²) in [5.74, 6) is 0. The molecule has 1 atom stereocenters. The maximum absolute atomic E-state index is 4.30. The van der Waals surface area contributed by atoms with E-state index in [1.165, 1.54) is 9.99 Å². The highest BCUT2D eigenvalue weighted by Gasteiger charge is 2.04. The average molecular weight is 307 g/mol. The molecule has 4 heteroatoms. The molecule has 0 spiro atoms. The van der Waals surface area contributed by atoms with E-state index in [-0.39, 0.29) is 0 Å². The Morgan fingerprint density at radius 1 is 1.57 bits per heavy atom. The Bertz CT molecular complexity index is 260. The zero-order chi connectivity index (χ0) is 10.4. The smallest absolute Gasteiger partial charge is 0.0623 e. The van der Waals surface area contributed by atoms with E-state index in [0.29, 0.717) is 6.04 Å². The Morgan fingerprint density at radius 3 is 2.93 bits per heavy atom. The van der Waals surface area contributed by atoms with Gasteiger partial charge in [0.2, 0.25) is 0 Å². The molecule has 1 aromatic heterocycles. The molecule has 0 fully saturated rings. The maximum Gasteiger partial charge on any atom is 0.0623 e. The van der Waals surface area contributed by atoms with Crippen LogP contribution in [0.2, 0.25) is 0 Å². The van der Waals surface area contributed by atoms with Crippen LogP contribution in [0.4, 0.5) is 0 Å². The van der Waals surface area contributed by atoms with Crippen molar-refractivity contribution in [2.75, 3.05) is 13.1 Å². The fourth-order valence-electron chi connectivity index (χ4n) is 1.30. The molecule has 0 saturated heterocycles. The Morgan fingerprint density at radius 2 is 2.36 bits per heavy atom. The molecular formula is C10H18IN3. The maximum atomic E-state index is 4.30. The van der Waals surface area contributed by atoms with Gasteiger partial charge in [0.15, 0.2) is 0 Å². The molecule has 1 heterocycles. The summed E-state index contributed by atoms with van der Waals surface area (Å²) >= 11 is 2.29. The van der Waals surface area contributed by atoms with Gasteiger partial charge in [-0.05, 0) is 55.4 Å². The van der Waals surface area contributed by atoms with Crippen LogP contribution in [-0.4, -0.2) is 22.9 Å². The molecule has 14 heavy (non-hydrogen) atoms. The van der Waals surface area contributed by atoms with Crippen LogP contribution >= 0.6 is 22.6 Å². The summed E-state index contributed by atoms with van der Waals surface area (Å²) in [6, 6.07) is 0.489. The molecule has 0 aliphatic rings. The summed E-state index contributed by atoms with van der Waals surface area (Å²) in [5, 5.41) is 7.70. The minimum absolute atomic E-state index is 0.489. The van der Waals surface area contributed by atoms with E-state index in [9.17, 15) is 0 Å². The van der Waals surface area contributed by atoms with Crippen molar-refractivity contribution in [3.63, 3.8) is 0 Å². The number of hydrogen-bond acceptors (Lipinski definition) is 2. The first kappa shape index (κ1) is 12.0. The molecule has 0 aliphatic carbocycles. The SMILES string of the molecule is CCCNCCC(C)n1cc(I)cn1. The summed E-state index contributed by atoms with van der Waals surface area (Å²) in [5.41, 5.74) is 0. The van der Waals surface area contributed by atoms with Crippen molar-refractivity contribution in [3.05, 3.63) is 16.0 Å². The number of rotatable bonds is 6. The van der Waals surface area contributed by atoms with Crippen LogP contribution in [0.15, 0.2) is 12.4 Å². The molecule has 0 saturated carbocycles. The zero-order valence-corrected chi connectivity index (χ0v) is 11.0. The van der Waals surface area contributed by atoms with Gasteiger partial charge < -0.3 is 5.32 Å². The number of halogens is 1. The van der Waals surface area contributed by atoms with E-state index in [2.05, 4.69) is 53.1 Å². The zero-order valence-electron chi connectivity index (χ0n) is 8.83. The summed E-state index contributed by atoms with van der Waals surface area (Å²) in [4.78, 5) is 0. The Kier molecular flexibility index (Phi) is 5.47. The van der Waals surface area contributed by atoms with Crippen molar-refractivity contribution in [3.8, 4) is 0 Å². The van der Waals surface area contributed by atoms with E-state index in [4.69, 9.17) is 0 Å². The second-order valence-corrected chi connectivity index (χ2v) is 4.77. The highest BCUT2D eigenvalue weighted by molar-refractivity contribution is 14.1. The van der Waals surface area contributed by atoms with Crippen molar-refractivity contribution in [2.24, 2.45) is 0 Å². The minimum atomic E-state index is 0.489. The predicted octanol–water partition coefficient (Wildman–Crippen LogP) is 2.44. The molecule has 3 nitrogen and oxygen atoms in total. The van der Waals surface area contributed by atoms with Gasteiger partial charge in [0.1, 0.15) is 0 Å². The first-order valence-corrected chi connectivity index (χ1v) is 6.22. The average Bonchev–Trinajstić information content (AvgIpc) is 2.59. The Hall–Kier alpha value is -0.100. The van der Waals surface area contributed by atoms with Crippen molar-refractivity contribution < 1.29 is 0 Å². The van der Waals surface area contributed by atoms with Gasteiger partial charge in [-0.2, -0.15) is 5.10 Å². The topological polar surface area (TPSA) is 29.9 Å². The lowest BCUT2D eigenvalue weighted by atomic mass is 10.2. The van der Waals surface area contributed by atoms with Crippen LogP contribution in [-0.2, 0) is 0 Å². The van der Waals surface area contributed by atoms with Gasteiger partial charge in [0.05, 0.1) is 15.8 Å². The van der Waals surface area contributed by atoms with Crippen LogP contribution in [0, 0.1) is 3.57 Å². The molecular weight excluding hydrogens is 289 g/mol. The number of nitrogens with zero attached hydrogens (tertiary/aromatic N) is 2. The van der Waals surface area contributed by atoms with Gasteiger partial charge in [0.25, 0.3) is 0 Å². The van der Waals surface area contributed by atoms with Crippen LogP contribution < -0.4 is 5.32 Å². The summed E-state index contributed by atoms with van der Waals surface area (Å²) < 4.78 is 3.24. The summed E-state index contributed by atoms with van der Waals surface area (Å²) in [6.45, 7) is 6.58. The van der Waals surface area contributed by atoms with Crippen LogP contribution in [0.1, 0.15) is 32.7 Å². The predicted molar refractivity (Wildman–Crippen MR) is 67.4 cm³/mol. The normalized spacial score (nSPS) is 13.1. The second kappa shape index (κ2) is 6.40. The molecule has 1 N–H and O–H groups in total. The molecule has 0 aromatic carbocycles. The number of nitrogens with one attached hydrogen (secondary N) is 1. The Balaban J connectivity index is 2.25. The van der Waals surface area contributed by atoms with E-state index < -0.39 is 0 Å². The third-order valence-electron chi connectivity index (χ3n) is 2.19. The quantitative estimate of drug-likeness (QED) is 0.646. The van der Waals surface area contributed by atoms with Gasteiger partial charge in [-0.15, -0.1) is 0 Å². The highest BCUT2D eigenvalue weighted by atomic mass is 127. The summed E-state index contributed by atoms with van der Waals surface area (Å²) in [6.07, 6.45) is 6.33. The lowest BCUT2D eigenvalue weighted by Gasteiger charge is -2.12. The first-order chi connectivity index (χ1) is 6.74. The van der Waals surface area contributed by atoms with Gasteiger partial charge >= 0.3 is 0 Å². The van der Waals surface area contributed by atoms with Gasteiger partial charge in [0, 0.05) is 6.20 Å². The van der Waals surface area contributed by atoms with Gasteiger partial charge in [-0.25, -0.2) is 0 Å². The van der Waals surface area contributed by atoms with E-state index in [0.717, 1.165) is 19.5 Å². The molecule has 1 aromatic rings. The van der Waals surface area contributed by atoms with Crippen LogP contribution in [0.3, 0.4) is 0 Å². The molecule has 0 radical (unpaired) electrons. The standard InChI is InChI=1S/C10H18IN3/c1-3-5-12-6-4-9(2)14-8-10(11)7-13-14/h7-9,12H,3-6H2,1-2H3. The monoisotopic (exact) mass is 307 g/mol. The molecule has 0 aliphatic heterocycles. The van der Waals surface area contributed by atoms with Crippen molar-refractivity contribution in [1.82, 2.24) is 15.1 Å². The third-order valence-corrected chi connectivity index (χ3v) is 2.74. The van der Waals surface area contributed by atoms with Gasteiger partial charge in [-0.1, -0.05) is 6.92 Å². The molecule has 0 amide bonds. The fraction of sp³-hybridized carbons (Fsp3) is 0.700. The van der Waals surface area contributed by atoms with E-state index in [1.54, 1.807) is 0 Å². The van der Waals surface area contributed by atoms with Gasteiger partial charge in [-0.3, -0.25) is 4.68 Å². The van der Waals surface area contributed by atoms with Crippen molar-refractivity contribution >= 4 is 22.6 Å². The minimum Gasteiger partial charge on any atom is -0.317 e. The fourth-order valence-corrected chi connectivity index (χ4v) is 1.71. The lowest BCUT2D eigenvalue weighted by molar-refractivity contribution is 0.444. The van der Waals surface area contributed by atoms with E-state index in [1.807, 2.05) is 10.9 Å². The van der Waals surface area contributed by atoms with Crippen LogP contribution in [0.5, 0.6) is 0 Å². The molecule has 80 valence electrons. The Labute approximate surface area is 99.4 Å². The highest BCUT2D eigenvalue weighted by Crippen LogP contribution is 2.10. The molecule has 1 unspecified atom stereocenters. The number of aromatic nitrogens is 2. The third kappa shape index (κ3) is 3.96. The van der Waals surface area contributed by atoms with Crippen molar-refractivity contribution in [1.29, 1.82) is 0 Å². The molecule has 0 bridgehead atoms. The second-order valence-electron chi connectivity index (χ2n) is 3.53. The van der Waals surface area contributed by atoms with Crippen molar-refractivity contribution in [2.45, 2.75) is 32.7 Å². The lowest BCUT2D eigenvalue weighted by Crippen LogP contribution is -2.19. The molecule has 1 rings (SSSR count).